The van der Waals surface area contributed by atoms with Crippen molar-refractivity contribution in [3.63, 3.8) is 0 Å². The number of nitrogens with one attached hydrogen (secondary N) is 1. The molecule has 0 aliphatic rings. The van der Waals surface area contributed by atoms with Crippen molar-refractivity contribution < 1.29 is 0 Å². The molecule has 0 atom stereocenters. The van der Waals surface area contributed by atoms with Crippen molar-refractivity contribution in [1.29, 1.82) is 5.26 Å². The van der Waals surface area contributed by atoms with Crippen LogP contribution in [-0.2, 0) is 0 Å². The van der Waals surface area contributed by atoms with Gasteiger partial charge in [0.2, 0.25) is 0 Å². The summed E-state index contributed by atoms with van der Waals surface area (Å²) >= 11 is 5.76. The lowest BCUT2D eigenvalue weighted by Gasteiger charge is -1.97. The summed E-state index contributed by atoms with van der Waals surface area (Å²) in [6, 6.07) is 5.57. The lowest BCUT2D eigenvalue weighted by molar-refractivity contribution is 1.14. The van der Waals surface area contributed by atoms with Crippen LogP contribution in [0, 0.1) is 11.3 Å². The smallest absolute Gasteiger partial charge is 0.177 e. The molecule has 0 amide bonds. The van der Waals surface area contributed by atoms with Crippen LogP contribution in [0.1, 0.15) is 5.56 Å². The summed E-state index contributed by atoms with van der Waals surface area (Å²) in [5.74, 6) is 0.485. The van der Waals surface area contributed by atoms with Crippen LogP contribution >= 0.6 is 11.6 Å². The molecule has 2 heterocycles. The van der Waals surface area contributed by atoms with Gasteiger partial charge < -0.3 is 4.98 Å². The zero-order chi connectivity index (χ0) is 9.97. The van der Waals surface area contributed by atoms with E-state index in [1.54, 1.807) is 6.20 Å². The Labute approximate surface area is 85.2 Å². The molecule has 5 heteroatoms. The standard InChI is InChI=1S/C9H5ClN4/c10-8-6(4-11)5-13-9(14-8)7-2-1-3-12-7/h1-3,5,12H. The Morgan fingerprint density at radius 3 is 2.93 bits per heavy atom. The van der Waals surface area contributed by atoms with E-state index >= 15 is 0 Å². The summed E-state index contributed by atoms with van der Waals surface area (Å²) < 4.78 is 0. The van der Waals surface area contributed by atoms with Crippen molar-refractivity contribution in [2.75, 3.05) is 0 Å². The summed E-state index contributed by atoms with van der Waals surface area (Å²) in [6.45, 7) is 0. The quantitative estimate of drug-likeness (QED) is 0.723. The van der Waals surface area contributed by atoms with Gasteiger partial charge in [-0.3, -0.25) is 0 Å². The van der Waals surface area contributed by atoms with E-state index in [9.17, 15) is 0 Å². The molecule has 0 aliphatic heterocycles. The largest absolute Gasteiger partial charge is 0.359 e. The first-order valence-corrected chi connectivity index (χ1v) is 4.25. The Morgan fingerprint density at radius 1 is 1.50 bits per heavy atom. The number of rotatable bonds is 1. The summed E-state index contributed by atoms with van der Waals surface area (Å²) in [4.78, 5) is 10.9. The third-order valence-corrected chi connectivity index (χ3v) is 1.99. The van der Waals surface area contributed by atoms with Crippen molar-refractivity contribution in [3.05, 3.63) is 35.2 Å². The average Bonchev–Trinajstić information content (AvgIpc) is 2.70. The SMILES string of the molecule is N#Cc1cnc(-c2ccc[nH]2)nc1Cl. The molecule has 0 unspecified atom stereocenters. The van der Waals surface area contributed by atoms with Crippen molar-refractivity contribution >= 4 is 11.6 Å². The van der Waals surface area contributed by atoms with Crippen LogP contribution in [0.25, 0.3) is 11.5 Å². The van der Waals surface area contributed by atoms with Gasteiger partial charge in [-0.25, -0.2) is 9.97 Å². The normalized spacial score (nSPS) is 9.71. The van der Waals surface area contributed by atoms with Gasteiger partial charge in [0.15, 0.2) is 11.0 Å². The van der Waals surface area contributed by atoms with Gasteiger partial charge in [0.25, 0.3) is 0 Å². The molecule has 2 rings (SSSR count). The zero-order valence-corrected chi connectivity index (χ0v) is 7.78. The molecule has 68 valence electrons. The Morgan fingerprint density at radius 2 is 2.36 bits per heavy atom. The first-order valence-electron chi connectivity index (χ1n) is 3.87. The number of nitrogens with zero attached hydrogens (tertiary/aromatic N) is 3. The minimum atomic E-state index is 0.173. The van der Waals surface area contributed by atoms with Crippen LogP contribution in [-0.4, -0.2) is 15.0 Å². The van der Waals surface area contributed by atoms with Crippen LogP contribution in [0.4, 0.5) is 0 Å². The van der Waals surface area contributed by atoms with Crippen molar-refractivity contribution in [1.82, 2.24) is 15.0 Å². The van der Waals surface area contributed by atoms with Gasteiger partial charge in [-0.15, -0.1) is 0 Å². The second kappa shape index (κ2) is 3.48. The highest BCUT2D eigenvalue weighted by atomic mass is 35.5. The molecule has 0 fully saturated rings. The molecule has 2 aromatic rings. The van der Waals surface area contributed by atoms with Gasteiger partial charge in [0.1, 0.15) is 11.6 Å². The molecule has 0 spiro atoms. The van der Waals surface area contributed by atoms with Gasteiger partial charge in [0, 0.05) is 6.20 Å². The minimum absolute atomic E-state index is 0.173. The summed E-state index contributed by atoms with van der Waals surface area (Å²) in [5.41, 5.74) is 1.05. The van der Waals surface area contributed by atoms with Gasteiger partial charge >= 0.3 is 0 Å². The fourth-order valence-corrected chi connectivity index (χ4v) is 1.21. The second-order valence-corrected chi connectivity index (χ2v) is 2.95. The third-order valence-electron chi connectivity index (χ3n) is 1.70. The minimum Gasteiger partial charge on any atom is -0.359 e. The Hall–Kier alpha value is -1.86. The molecular formula is C9H5ClN4. The summed E-state index contributed by atoms with van der Waals surface area (Å²) in [5, 5.41) is 8.79. The molecule has 4 nitrogen and oxygen atoms in total. The van der Waals surface area contributed by atoms with E-state index in [4.69, 9.17) is 16.9 Å². The van der Waals surface area contributed by atoms with Crippen LogP contribution in [0.15, 0.2) is 24.5 Å². The molecule has 1 N–H and O–H groups in total. The predicted octanol–water partition coefficient (Wildman–Crippen LogP) is 2.00. The molecule has 0 saturated heterocycles. The van der Waals surface area contributed by atoms with E-state index in [2.05, 4.69) is 15.0 Å². The number of hydrogen-bond donors (Lipinski definition) is 1. The van der Waals surface area contributed by atoms with Crippen LogP contribution < -0.4 is 0 Å². The van der Waals surface area contributed by atoms with E-state index in [1.807, 2.05) is 18.2 Å². The number of hydrogen-bond acceptors (Lipinski definition) is 3. The van der Waals surface area contributed by atoms with Gasteiger partial charge in [0.05, 0.1) is 11.9 Å². The molecule has 0 aromatic carbocycles. The third kappa shape index (κ3) is 1.45. The van der Waals surface area contributed by atoms with E-state index in [0.717, 1.165) is 5.69 Å². The lowest BCUT2D eigenvalue weighted by Crippen LogP contribution is -1.91. The van der Waals surface area contributed by atoms with E-state index in [1.165, 1.54) is 6.20 Å². The fraction of sp³-hybridized carbons (Fsp3) is 0. The van der Waals surface area contributed by atoms with E-state index in [-0.39, 0.29) is 10.7 Å². The van der Waals surface area contributed by atoms with Crippen LogP contribution in [0.2, 0.25) is 5.15 Å². The molecule has 0 bridgehead atoms. The molecule has 0 radical (unpaired) electrons. The molecule has 0 saturated carbocycles. The van der Waals surface area contributed by atoms with Gasteiger partial charge in [-0.05, 0) is 12.1 Å². The zero-order valence-electron chi connectivity index (χ0n) is 7.03. The van der Waals surface area contributed by atoms with Gasteiger partial charge in [-0.2, -0.15) is 5.26 Å². The Bertz CT molecular complexity index is 484. The van der Waals surface area contributed by atoms with Crippen molar-refractivity contribution in [2.45, 2.75) is 0 Å². The van der Waals surface area contributed by atoms with E-state index in [0.29, 0.717) is 5.82 Å². The average molecular weight is 205 g/mol. The molecule has 2 aromatic heterocycles. The fourth-order valence-electron chi connectivity index (χ4n) is 1.04. The van der Waals surface area contributed by atoms with E-state index < -0.39 is 0 Å². The first-order chi connectivity index (χ1) is 6.81. The summed E-state index contributed by atoms with van der Waals surface area (Å²) in [6.07, 6.45) is 3.18. The maximum atomic E-state index is 8.62. The van der Waals surface area contributed by atoms with Crippen LogP contribution in [0.3, 0.4) is 0 Å². The maximum absolute atomic E-state index is 8.62. The van der Waals surface area contributed by atoms with Crippen molar-refractivity contribution in [3.8, 4) is 17.6 Å². The van der Waals surface area contributed by atoms with Gasteiger partial charge in [-0.1, -0.05) is 11.6 Å². The lowest BCUT2D eigenvalue weighted by atomic mass is 10.3. The number of halogens is 1. The highest BCUT2D eigenvalue weighted by Gasteiger charge is 2.06. The molecule has 0 aliphatic carbocycles. The Balaban J connectivity index is 2.49. The van der Waals surface area contributed by atoms with Crippen LogP contribution in [0.5, 0.6) is 0 Å². The highest BCUT2D eigenvalue weighted by Crippen LogP contribution is 2.16. The highest BCUT2D eigenvalue weighted by molar-refractivity contribution is 6.30. The van der Waals surface area contributed by atoms with Crippen molar-refractivity contribution in [2.24, 2.45) is 0 Å². The monoisotopic (exact) mass is 204 g/mol. The number of aromatic nitrogens is 3. The topological polar surface area (TPSA) is 65.4 Å². The number of nitriles is 1. The Kier molecular flexibility index (Phi) is 2.17. The maximum Gasteiger partial charge on any atom is 0.177 e. The molecular weight excluding hydrogens is 200 g/mol. The second-order valence-electron chi connectivity index (χ2n) is 2.59. The number of H-pyrrole nitrogens is 1. The predicted molar refractivity (Wildman–Crippen MR) is 51.5 cm³/mol. The first kappa shape index (κ1) is 8.73. The molecule has 14 heavy (non-hydrogen) atoms. The number of aromatic amines is 1. The summed E-state index contributed by atoms with van der Waals surface area (Å²) in [7, 11) is 0.